The fourth-order valence-electron chi connectivity index (χ4n) is 2.74. The molecule has 0 saturated carbocycles. The Morgan fingerprint density at radius 1 is 1.30 bits per heavy atom. The molecule has 4 heteroatoms. The lowest BCUT2D eigenvalue weighted by molar-refractivity contribution is 0.645. The fraction of sp³-hybridized carbons (Fsp3) is 0.312. The fourth-order valence-corrected chi connectivity index (χ4v) is 2.74. The third-order valence-electron chi connectivity index (χ3n) is 3.89. The van der Waals surface area contributed by atoms with Crippen molar-refractivity contribution in [2.24, 2.45) is 7.05 Å². The average molecular weight is 268 g/mol. The maximum Gasteiger partial charge on any atom is 0.107 e. The number of nitrogens with one attached hydrogen (secondary N) is 2. The highest BCUT2D eigenvalue weighted by molar-refractivity contribution is 5.85. The van der Waals surface area contributed by atoms with E-state index in [0.717, 1.165) is 25.3 Å². The number of nitrogens with zero attached hydrogens (tertiary/aromatic N) is 2. The van der Waals surface area contributed by atoms with Crippen molar-refractivity contribution in [2.75, 3.05) is 6.54 Å². The van der Waals surface area contributed by atoms with E-state index in [0.29, 0.717) is 0 Å². The number of rotatable bonds is 5. The second kappa shape index (κ2) is 5.51. The van der Waals surface area contributed by atoms with Gasteiger partial charge in [-0.05, 0) is 18.6 Å². The molecule has 2 N–H and O–H groups in total. The van der Waals surface area contributed by atoms with Gasteiger partial charge in [0.1, 0.15) is 5.82 Å². The predicted molar refractivity (Wildman–Crippen MR) is 81.7 cm³/mol. The van der Waals surface area contributed by atoms with Crippen LogP contribution in [0.5, 0.6) is 0 Å². The summed E-state index contributed by atoms with van der Waals surface area (Å²) in [5.41, 5.74) is 4.02. The molecule has 0 atom stereocenters. The quantitative estimate of drug-likeness (QED) is 0.699. The zero-order chi connectivity index (χ0) is 13.9. The van der Waals surface area contributed by atoms with Crippen LogP contribution in [0.2, 0.25) is 0 Å². The van der Waals surface area contributed by atoms with Crippen molar-refractivity contribution in [3.63, 3.8) is 0 Å². The van der Waals surface area contributed by atoms with Crippen LogP contribution in [-0.2, 0) is 20.0 Å². The molecule has 4 nitrogen and oxygen atoms in total. The Morgan fingerprint density at radius 3 is 2.90 bits per heavy atom. The van der Waals surface area contributed by atoms with Gasteiger partial charge in [0.2, 0.25) is 0 Å². The molecule has 0 saturated heterocycles. The molecule has 0 unspecified atom stereocenters. The van der Waals surface area contributed by atoms with E-state index in [2.05, 4.69) is 58.1 Å². The van der Waals surface area contributed by atoms with Gasteiger partial charge in [0.05, 0.1) is 0 Å². The van der Waals surface area contributed by atoms with Gasteiger partial charge in [-0.15, -0.1) is 0 Å². The van der Waals surface area contributed by atoms with E-state index in [9.17, 15) is 0 Å². The lowest BCUT2D eigenvalue weighted by Gasteiger charge is -2.07. The molecule has 104 valence electrons. The first-order valence-corrected chi connectivity index (χ1v) is 6.99. The summed E-state index contributed by atoms with van der Waals surface area (Å²) in [4.78, 5) is 7.35. The summed E-state index contributed by atoms with van der Waals surface area (Å²) in [5.74, 6) is 1.03. The van der Waals surface area contributed by atoms with Gasteiger partial charge in [-0.2, -0.15) is 0 Å². The Kier molecular flexibility index (Phi) is 3.56. The van der Waals surface area contributed by atoms with Crippen molar-refractivity contribution >= 4 is 10.9 Å². The number of aromatic amines is 1. The number of hydrogen-bond acceptors (Lipinski definition) is 2. The van der Waals surface area contributed by atoms with Gasteiger partial charge in [0, 0.05) is 55.5 Å². The molecule has 0 aliphatic heterocycles. The molecule has 20 heavy (non-hydrogen) atoms. The van der Waals surface area contributed by atoms with Gasteiger partial charge < -0.3 is 14.9 Å². The smallest absolute Gasteiger partial charge is 0.107 e. The molecule has 3 aromatic rings. The van der Waals surface area contributed by atoms with Gasteiger partial charge in [0.25, 0.3) is 0 Å². The summed E-state index contributed by atoms with van der Waals surface area (Å²) in [6, 6.07) is 8.56. The van der Waals surface area contributed by atoms with E-state index in [1.807, 2.05) is 6.20 Å². The van der Waals surface area contributed by atoms with E-state index < -0.39 is 0 Å². The first kappa shape index (κ1) is 12.9. The second-order valence-electron chi connectivity index (χ2n) is 5.11. The number of hydrogen-bond donors (Lipinski definition) is 2. The van der Waals surface area contributed by atoms with Crippen molar-refractivity contribution in [2.45, 2.75) is 19.9 Å². The Hall–Kier alpha value is -2.07. The summed E-state index contributed by atoms with van der Waals surface area (Å²) >= 11 is 0. The summed E-state index contributed by atoms with van der Waals surface area (Å²) in [7, 11) is 2.14. The van der Waals surface area contributed by atoms with E-state index in [1.165, 1.54) is 22.2 Å². The molecular formula is C16H20N4. The number of H-pyrrole nitrogens is 1. The van der Waals surface area contributed by atoms with Crippen LogP contribution in [0.15, 0.2) is 36.7 Å². The third kappa shape index (κ3) is 2.34. The maximum absolute atomic E-state index is 4.23. The minimum atomic E-state index is 0.887. The maximum atomic E-state index is 4.23. The van der Waals surface area contributed by atoms with Crippen LogP contribution in [-0.4, -0.2) is 21.1 Å². The van der Waals surface area contributed by atoms with Crippen LogP contribution in [0.1, 0.15) is 17.1 Å². The number of aromatic nitrogens is 3. The lowest BCUT2D eigenvalue weighted by Crippen LogP contribution is -2.19. The molecule has 2 aromatic heterocycles. The lowest BCUT2D eigenvalue weighted by atomic mass is 10.1. The van der Waals surface area contributed by atoms with Gasteiger partial charge in [0.15, 0.2) is 0 Å². The van der Waals surface area contributed by atoms with Gasteiger partial charge in [-0.1, -0.05) is 18.2 Å². The van der Waals surface area contributed by atoms with Crippen LogP contribution in [0.25, 0.3) is 10.9 Å². The molecule has 2 heterocycles. The standard InChI is InChI=1S/C16H20N4/c1-12-13-5-3-4-6-14(13)20(2)15(12)11-17-8-7-16-18-9-10-19-16/h3-6,9-10,17H,7-8,11H2,1-2H3,(H,18,19). The number of fused-ring (bicyclic) bond motifs is 1. The molecule has 0 aliphatic carbocycles. The minimum Gasteiger partial charge on any atom is -0.349 e. The van der Waals surface area contributed by atoms with Crippen molar-refractivity contribution in [3.8, 4) is 0 Å². The van der Waals surface area contributed by atoms with Crippen molar-refractivity contribution in [1.82, 2.24) is 19.9 Å². The number of aryl methyl sites for hydroxylation is 2. The van der Waals surface area contributed by atoms with E-state index in [4.69, 9.17) is 0 Å². The van der Waals surface area contributed by atoms with Crippen molar-refractivity contribution in [1.29, 1.82) is 0 Å². The van der Waals surface area contributed by atoms with Crippen LogP contribution < -0.4 is 5.32 Å². The molecule has 3 rings (SSSR count). The molecule has 0 aliphatic rings. The minimum absolute atomic E-state index is 0.887. The topological polar surface area (TPSA) is 45.6 Å². The number of benzene rings is 1. The average Bonchev–Trinajstić information content (AvgIpc) is 3.06. The van der Waals surface area contributed by atoms with Crippen molar-refractivity contribution in [3.05, 3.63) is 53.7 Å². The Morgan fingerprint density at radius 2 is 2.15 bits per heavy atom. The number of para-hydroxylation sites is 1. The molecule has 0 spiro atoms. The highest BCUT2D eigenvalue weighted by Crippen LogP contribution is 2.24. The Labute approximate surface area is 118 Å². The molecular weight excluding hydrogens is 248 g/mol. The summed E-state index contributed by atoms with van der Waals surface area (Å²) in [6.45, 7) is 4.01. The highest BCUT2D eigenvalue weighted by Gasteiger charge is 2.10. The highest BCUT2D eigenvalue weighted by atomic mass is 15.0. The monoisotopic (exact) mass is 268 g/mol. The zero-order valence-electron chi connectivity index (χ0n) is 12.0. The van der Waals surface area contributed by atoms with Gasteiger partial charge >= 0.3 is 0 Å². The molecule has 0 amide bonds. The molecule has 0 radical (unpaired) electrons. The third-order valence-corrected chi connectivity index (χ3v) is 3.89. The van der Waals surface area contributed by atoms with Crippen molar-refractivity contribution < 1.29 is 0 Å². The molecule has 0 fully saturated rings. The van der Waals surface area contributed by atoms with Crippen LogP contribution in [0.3, 0.4) is 0 Å². The van der Waals surface area contributed by atoms with Gasteiger partial charge in [-0.3, -0.25) is 0 Å². The first-order valence-electron chi connectivity index (χ1n) is 6.99. The molecule has 1 aromatic carbocycles. The summed E-state index contributed by atoms with van der Waals surface area (Å²) in [6.07, 6.45) is 4.59. The summed E-state index contributed by atoms with van der Waals surface area (Å²) < 4.78 is 2.28. The Bertz CT molecular complexity index is 656. The molecule has 0 bridgehead atoms. The van der Waals surface area contributed by atoms with E-state index in [1.54, 1.807) is 6.20 Å². The predicted octanol–water partition coefficient (Wildman–Crippen LogP) is 2.54. The van der Waals surface area contributed by atoms with Crippen LogP contribution in [0, 0.1) is 6.92 Å². The van der Waals surface area contributed by atoms with Crippen LogP contribution in [0.4, 0.5) is 0 Å². The largest absolute Gasteiger partial charge is 0.349 e. The second-order valence-corrected chi connectivity index (χ2v) is 5.11. The SMILES string of the molecule is Cc1c(CNCCc2ncc[nH]2)n(C)c2ccccc12. The van der Waals surface area contributed by atoms with E-state index >= 15 is 0 Å². The zero-order valence-corrected chi connectivity index (χ0v) is 12.0. The number of imidazole rings is 1. The van der Waals surface area contributed by atoms with Gasteiger partial charge in [-0.25, -0.2) is 4.98 Å². The summed E-state index contributed by atoms with van der Waals surface area (Å²) in [5, 5.41) is 4.85. The Balaban J connectivity index is 1.68. The van der Waals surface area contributed by atoms with Crippen LogP contribution >= 0.6 is 0 Å². The normalized spacial score (nSPS) is 11.3. The van der Waals surface area contributed by atoms with E-state index in [-0.39, 0.29) is 0 Å². The first-order chi connectivity index (χ1) is 9.77.